The number of thiazole rings is 1. The number of benzene rings is 1. The van der Waals surface area contributed by atoms with Crippen LogP contribution in [0.3, 0.4) is 0 Å². The van der Waals surface area contributed by atoms with E-state index in [-0.39, 0.29) is 0 Å². The largest absolute Gasteiger partial charge is 0.434 e. The zero-order valence-corrected chi connectivity index (χ0v) is 15.9. The highest BCUT2D eigenvalue weighted by Crippen LogP contribution is 2.29. The van der Waals surface area contributed by atoms with E-state index in [4.69, 9.17) is 0 Å². The lowest BCUT2D eigenvalue weighted by molar-refractivity contribution is -0.140. The van der Waals surface area contributed by atoms with Gasteiger partial charge in [0.15, 0.2) is 11.7 Å². The third-order valence-electron chi connectivity index (χ3n) is 3.84. The zero-order chi connectivity index (χ0) is 20.0. The van der Waals surface area contributed by atoms with E-state index in [2.05, 4.69) is 25.7 Å². The summed E-state index contributed by atoms with van der Waals surface area (Å²) in [6.45, 7) is 0.974. The number of nitrogens with zero attached hydrogens (tertiary/aromatic N) is 4. The van der Waals surface area contributed by atoms with E-state index in [1.54, 1.807) is 17.9 Å². The van der Waals surface area contributed by atoms with E-state index in [1.165, 1.54) is 0 Å². The molecule has 0 saturated heterocycles. The van der Waals surface area contributed by atoms with Gasteiger partial charge in [-0.2, -0.15) is 18.3 Å². The first-order chi connectivity index (χ1) is 13.5. The minimum Gasteiger partial charge on any atom is -0.356 e. The first kappa shape index (κ1) is 19.9. The predicted molar refractivity (Wildman–Crippen MR) is 103 cm³/mol. The summed E-state index contributed by atoms with van der Waals surface area (Å²) in [4.78, 5) is 7.75. The summed E-state index contributed by atoms with van der Waals surface area (Å²) < 4.78 is 39.5. The molecular formula is C18H19F3N6S. The van der Waals surface area contributed by atoms with E-state index < -0.39 is 11.9 Å². The van der Waals surface area contributed by atoms with Crippen molar-refractivity contribution < 1.29 is 13.2 Å². The average Bonchev–Trinajstić information content (AvgIpc) is 3.36. The number of guanidine groups is 1. The van der Waals surface area contributed by atoms with Crippen molar-refractivity contribution in [1.82, 2.24) is 25.4 Å². The van der Waals surface area contributed by atoms with Gasteiger partial charge in [0.1, 0.15) is 0 Å². The molecule has 0 atom stereocenters. The lowest BCUT2D eigenvalue weighted by atomic mass is 10.2. The molecule has 1 aromatic carbocycles. The molecule has 6 nitrogen and oxygen atoms in total. The molecule has 0 fully saturated rings. The van der Waals surface area contributed by atoms with Crippen LogP contribution in [0.4, 0.5) is 13.2 Å². The molecule has 2 aromatic heterocycles. The summed E-state index contributed by atoms with van der Waals surface area (Å²) in [6.07, 6.45) is -0.423. The summed E-state index contributed by atoms with van der Waals surface area (Å²) >= 11 is 1.01. The first-order valence-electron chi connectivity index (χ1n) is 8.51. The van der Waals surface area contributed by atoms with Gasteiger partial charge in [-0.1, -0.05) is 12.1 Å². The first-order valence-corrected chi connectivity index (χ1v) is 9.39. The number of aromatic nitrogens is 3. The standard InChI is InChI=1S/C18H19F3N6S/c1-22-17(23-8-6-16-26-15(12-28-16)18(19,20)21)24-11-13-4-2-5-14(10-13)27-9-3-7-25-27/h2-5,7,9-10,12H,6,8,11H2,1H3,(H2,22,23,24). The Bertz CT molecular complexity index is 918. The molecular weight excluding hydrogens is 389 g/mol. The Labute approximate surface area is 164 Å². The number of alkyl halides is 3. The van der Waals surface area contributed by atoms with Gasteiger partial charge in [-0.15, -0.1) is 11.3 Å². The molecule has 0 aliphatic carbocycles. The molecule has 0 radical (unpaired) electrons. The van der Waals surface area contributed by atoms with Gasteiger partial charge in [0.2, 0.25) is 0 Å². The predicted octanol–water partition coefficient (Wildman–Crippen LogP) is 3.26. The molecule has 148 valence electrons. The fourth-order valence-electron chi connectivity index (χ4n) is 2.48. The lowest BCUT2D eigenvalue weighted by Crippen LogP contribution is -2.37. The second kappa shape index (κ2) is 8.87. The zero-order valence-electron chi connectivity index (χ0n) is 15.1. The number of hydrogen-bond acceptors (Lipinski definition) is 4. The van der Waals surface area contributed by atoms with Gasteiger partial charge >= 0.3 is 6.18 Å². The fraction of sp³-hybridized carbons (Fsp3) is 0.278. The Morgan fingerprint density at radius 1 is 1.25 bits per heavy atom. The average molecular weight is 408 g/mol. The van der Waals surface area contributed by atoms with Crippen molar-refractivity contribution >= 4 is 17.3 Å². The molecule has 2 heterocycles. The van der Waals surface area contributed by atoms with Crippen LogP contribution < -0.4 is 10.6 Å². The summed E-state index contributed by atoms with van der Waals surface area (Å²) in [6, 6.07) is 9.78. The highest BCUT2D eigenvalue weighted by Gasteiger charge is 2.33. The quantitative estimate of drug-likeness (QED) is 0.485. The van der Waals surface area contributed by atoms with Gasteiger partial charge in [-0.25, -0.2) is 9.67 Å². The topological polar surface area (TPSA) is 67.1 Å². The smallest absolute Gasteiger partial charge is 0.356 e. The van der Waals surface area contributed by atoms with Crippen molar-refractivity contribution in [3.63, 3.8) is 0 Å². The van der Waals surface area contributed by atoms with Gasteiger partial charge in [-0.05, 0) is 23.8 Å². The van der Waals surface area contributed by atoms with E-state index >= 15 is 0 Å². The third-order valence-corrected chi connectivity index (χ3v) is 4.75. The fourth-order valence-corrected chi connectivity index (χ4v) is 3.29. The van der Waals surface area contributed by atoms with Gasteiger partial charge < -0.3 is 10.6 Å². The van der Waals surface area contributed by atoms with Gasteiger partial charge in [0.25, 0.3) is 0 Å². The SMILES string of the molecule is CN=C(NCCc1nc(C(F)(F)F)cs1)NCc1cccc(-n2cccn2)c1. The molecule has 3 aromatic rings. The second-order valence-corrected chi connectivity index (χ2v) is 6.79. The van der Waals surface area contributed by atoms with Crippen LogP contribution >= 0.6 is 11.3 Å². The van der Waals surface area contributed by atoms with E-state index in [9.17, 15) is 13.2 Å². The van der Waals surface area contributed by atoms with Crippen molar-refractivity contribution in [1.29, 1.82) is 0 Å². The summed E-state index contributed by atoms with van der Waals surface area (Å²) in [5, 5.41) is 12.0. The molecule has 0 bridgehead atoms. The van der Waals surface area contributed by atoms with Gasteiger partial charge in [0.05, 0.1) is 10.7 Å². The van der Waals surface area contributed by atoms with Crippen molar-refractivity contribution in [2.75, 3.05) is 13.6 Å². The minimum atomic E-state index is -4.40. The minimum absolute atomic E-state index is 0.385. The molecule has 0 aliphatic rings. The van der Waals surface area contributed by atoms with E-state index in [0.29, 0.717) is 30.5 Å². The molecule has 0 amide bonds. The van der Waals surface area contributed by atoms with Crippen LogP contribution in [0.25, 0.3) is 5.69 Å². The van der Waals surface area contributed by atoms with Crippen molar-refractivity contribution in [3.8, 4) is 5.69 Å². The molecule has 0 spiro atoms. The molecule has 0 unspecified atom stereocenters. The Morgan fingerprint density at radius 3 is 2.79 bits per heavy atom. The Morgan fingerprint density at radius 2 is 2.11 bits per heavy atom. The van der Waals surface area contributed by atoms with Crippen molar-refractivity contribution in [2.45, 2.75) is 19.1 Å². The van der Waals surface area contributed by atoms with E-state index in [1.807, 2.05) is 36.5 Å². The summed E-state index contributed by atoms with van der Waals surface area (Å²) in [5.74, 6) is 0.567. The van der Waals surface area contributed by atoms with Crippen LogP contribution in [0.1, 0.15) is 16.3 Å². The summed E-state index contributed by atoms with van der Waals surface area (Å²) in [7, 11) is 1.64. The Kier molecular flexibility index (Phi) is 6.30. The maximum atomic E-state index is 12.6. The van der Waals surface area contributed by atoms with Crippen LogP contribution in [-0.4, -0.2) is 34.3 Å². The monoisotopic (exact) mass is 408 g/mol. The Hall–Kier alpha value is -2.88. The van der Waals surface area contributed by atoms with Crippen molar-refractivity contribution in [2.24, 2.45) is 4.99 Å². The normalized spacial score (nSPS) is 12.2. The number of hydrogen-bond donors (Lipinski definition) is 2. The van der Waals surface area contributed by atoms with Gasteiger partial charge in [-0.3, -0.25) is 4.99 Å². The number of rotatable bonds is 6. The molecule has 10 heteroatoms. The molecule has 3 rings (SSSR count). The Balaban J connectivity index is 1.49. The molecule has 2 N–H and O–H groups in total. The van der Waals surface area contributed by atoms with Crippen LogP contribution in [-0.2, 0) is 19.1 Å². The molecule has 28 heavy (non-hydrogen) atoms. The van der Waals surface area contributed by atoms with Gasteiger partial charge in [0, 0.05) is 44.3 Å². The van der Waals surface area contributed by atoms with Crippen LogP contribution in [0.15, 0.2) is 53.1 Å². The van der Waals surface area contributed by atoms with Crippen LogP contribution in [0.2, 0.25) is 0 Å². The lowest BCUT2D eigenvalue weighted by Gasteiger charge is -2.12. The molecule has 0 aliphatic heterocycles. The van der Waals surface area contributed by atoms with E-state index in [0.717, 1.165) is 28.0 Å². The highest BCUT2D eigenvalue weighted by molar-refractivity contribution is 7.09. The summed E-state index contributed by atoms with van der Waals surface area (Å²) in [5.41, 5.74) is 1.16. The van der Waals surface area contributed by atoms with Crippen LogP contribution in [0, 0.1) is 0 Å². The maximum absolute atomic E-state index is 12.6. The number of nitrogens with one attached hydrogen (secondary N) is 2. The van der Waals surface area contributed by atoms with Crippen molar-refractivity contribution in [3.05, 3.63) is 64.4 Å². The second-order valence-electron chi connectivity index (χ2n) is 5.85. The third kappa shape index (κ3) is 5.32. The number of halogens is 3. The maximum Gasteiger partial charge on any atom is 0.434 e. The molecule has 0 saturated carbocycles. The highest BCUT2D eigenvalue weighted by atomic mass is 32.1. The number of aliphatic imine (C=N–C) groups is 1. The van der Waals surface area contributed by atoms with Crippen LogP contribution in [0.5, 0.6) is 0 Å².